The Balaban J connectivity index is 1.31. The number of benzene rings is 3. The fourth-order valence-corrected chi connectivity index (χ4v) is 7.57. The molecule has 0 bridgehead atoms. The van der Waals surface area contributed by atoms with Crippen molar-refractivity contribution in [3.63, 3.8) is 0 Å². The van der Waals surface area contributed by atoms with Crippen LogP contribution in [0.3, 0.4) is 0 Å². The average molecular weight is 698 g/mol. The van der Waals surface area contributed by atoms with Crippen LogP contribution in [0.1, 0.15) is 64.9 Å². The second kappa shape index (κ2) is 15.0. The summed E-state index contributed by atoms with van der Waals surface area (Å²) in [6.45, 7) is 7.74. The third-order valence-electron chi connectivity index (χ3n) is 7.29. The molecule has 0 fully saturated rings. The predicted molar refractivity (Wildman–Crippen MR) is 196 cm³/mol. The van der Waals surface area contributed by atoms with Crippen LogP contribution >= 0.6 is 35.3 Å². The van der Waals surface area contributed by atoms with Crippen LogP contribution in [0.2, 0.25) is 0 Å². The molecule has 48 heavy (non-hydrogen) atoms. The average Bonchev–Trinajstić information content (AvgIpc) is 3.39. The monoisotopic (exact) mass is 697 g/mol. The topological polar surface area (TPSA) is 124 Å². The summed E-state index contributed by atoms with van der Waals surface area (Å²) in [7, 11) is 0. The molecule has 12 heteroatoms. The van der Waals surface area contributed by atoms with E-state index in [2.05, 4.69) is 22.0 Å². The second-order valence-corrected chi connectivity index (χ2v) is 14.8. The van der Waals surface area contributed by atoms with Crippen LogP contribution < -0.4 is 16.0 Å². The molecule has 1 aromatic heterocycles. The van der Waals surface area contributed by atoms with Crippen molar-refractivity contribution in [2.75, 3.05) is 22.5 Å². The Labute approximate surface area is 293 Å². The highest BCUT2D eigenvalue weighted by Gasteiger charge is 2.31. The molecule has 1 aliphatic heterocycles. The maximum atomic E-state index is 14.0. The van der Waals surface area contributed by atoms with E-state index in [0.717, 1.165) is 32.3 Å². The number of rotatable bonds is 8. The second-order valence-electron chi connectivity index (χ2n) is 12.1. The van der Waals surface area contributed by atoms with Gasteiger partial charge in [-0.1, -0.05) is 36.4 Å². The van der Waals surface area contributed by atoms with Crippen LogP contribution in [0.15, 0.2) is 83.8 Å². The van der Waals surface area contributed by atoms with Crippen molar-refractivity contribution in [2.45, 2.75) is 56.4 Å². The summed E-state index contributed by atoms with van der Waals surface area (Å²) in [6, 6.07) is 26.4. The molecule has 3 aromatic carbocycles. The highest BCUT2D eigenvalue weighted by Crippen LogP contribution is 2.41. The van der Waals surface area contributed by atoms with Crippen molar-refractivity contribution in [3.05, 3.63) is 106 Å². The molecule has 0 aliphatic carbocycles. The lowest BCUT2D eigenvalue weighted by molar-refractivity contribution is -0.115. The number of anilines is 3. The summed E-state index contributed by atoms with van der Waals surface area (Å²) >= 11 is 8.22. The van der Waals surface area contributed by atoms with E-state index in [1.165, 1.54) is 30.0 Å². The molecule has 3 N–H and O–H groups in total. The van der Waals surface area contributed by atoms with E-state index >= 15 is 0 Å². The Morgan fingerprint density at radius 2 is 1.69 bits per heavy atom. The summed E-state index contributed by atoms with van der Waals surface area (Å²) in [6.07, 6.45) is 0.101. The number of thioether (sulfide) groups is 1. The van der Waals surface area contributed by atoms with Crippen molar-refractivity contribution in [3.8, 4) is 6.07 Å². The molecule has 246 valence electrons. The zero-order chi connectivity index (χ0) is 34.4. The Kier molecular flexibility index (Phi) is 10.8. The molecule has 1 unspecified atom stereocenters. The van der Waals surface area contributed by atoms with Gasteiger partial charge in [0, 0.05) is 33.3 Å². The van der Waals surface area contributed by atoms with Gasteiger partial charge in [0.1, 0.15) is 21.9 Å². The van der Waals surface area contributed by atoms with E-state index < -0.39 is 16.9 Å². The number of nitrogens with zero attached hydrogens (tertiary/aromatic N) is 2. The number of Topliss-reactive ketones (excluding diaryl/α,β-unsaturated/α-hetero) is 1. The van der Waals surface area contributed by atoms with Gasteiger partial charge in [-0.3, -0.25) is 9.59 Å². The largest absolute Gasteiger partial charge is 0.444 e. The number of hydrogen-bond donors (Lipinski definition) is 3. The Morgan fingerprint density at radius 1 is 0.979 bits per heavy atom. The Bertz CT molecular complexity index is 1880. The molecule has 0 saturated heterocycles. The molecule has 0 radical (unpaired) electrons. The number of hydrogen-bond acceptors (Lipinski definition) is 8. The summed E-state index contributed by atoms with van der Waals surface area (Å²) in [4.78, 5) is 41.6. The van der Waals surface area contributed by atoms with Gasteiger partial charge in [-0.25, -0.2) is 4.79 Å². The number of ether oxygens (including phenoxy) is 1. The molecule has 2 heterocycles. The van der Waals surface area contributed by atoms with Crippen LogP contribution in [-0.2, 0) is 22.5 Å². The number of thiophene rings is 1. The van der Waals surface area contributed by atoms with Gasteiger partial charge in [0.25, 0.3) is 0 Å². The number of carbonyl (C=O) groups excluding carboxylic acids is 3. The maximum Gasteiger partial charge on any atom is 0.410 e. The molecule has 9 nitrogen and oxygen atoms in total. The molecule has 1 atom stereocenters. The molecular weight excluding hydrogens is 663 g/mol. The number of thiocarbonyl (C=S) groups is 1. The smallest absolute Gasteiger partial charge is 0.410 e. The van der Waals surface area contributed by atoms with Gasteiger partial charge < -0.3 is 25.6 Å². The van der Waals surface area contributed by atoms with E-state index in [1.807, 2.05) is 75.4 Å². The quantitative estimate of drug-likeness (QED) is 0.0946. The standard InChI is InChI=1S/C36H35N5O4S3/c1-22(42)23-13-15-25(16-14-23)38-34(46)39-26-11-8-12-27(19-26)47-31(24-9-6-5-7-10-24)32(43)40-33-29(20-37)28-17-18-41(21-30(28)48-33)35(44)45-36(2,3)4/h5-16,19,31H,17-18,21H2,1-4H3,(H,40,43)(H2,38,39,46). The van der Waals surface area contributed by atoms with Gasteiger partial charge in [0.15, 0.2) is 10.9 Å². The SMILES string of the molecule is CC(=O)c1ccc(NC(=S)Nc2cccc(SC(C(=O)Nc3sc4c(c3C#N)CCN(C(=O)OC(C)(C)C)C4)c3ccccc3)c2)cc1. The summed E-state index contributed by atoms with van der Waals surface area (Å²) in [5.74, 6) is -0.277. The van der Waals surface area contributed by atoms with Gasteiger partial charge in [0.2, 0.25) is 5.91 Å². The first kappa shape index (κ1) is 34.6. The first-order chi connectivity index (χ1) is 22.9. The molecule has 1 aliphatic rings. The van der Waals surface area contributed by atoms with Gasteiger partial charge in [-0.05, 0) is 99.9 Å². The minimum absolute atomic E-state index is 0.00861. The van der Waals surface area contributed by atoms with Crippen molar-refractivity contribution >= 4 is 74.6 Å². The molecular formula is C36H35N5O4S3. The fraction of sp³-hybridized carbons (Fsp3) is 0.250. The predicted octanol–water partition coefficient (Wildman–Crippen LogP) is 8.40. The lowest BCUT2D eigenvalue weighted by Crippen LogP contribution is -2.39. The number of nitriles is 1. The normalized spacial score (nSPS) is 13.0. The molecule has 0 spiro atoms. The lowest BCUT2D eigenvalue weighted by Gasteiger charge is -2.29. The van der Waals surface area contributed by atoms with Crippen LogP contribution in [0.4, 0.5) is 21.2 Å². The molecule has 0 saturated carbocycles. The fourth-order valence-electron chi connectivity index (χ4n) is 5.04. The van der Waals surface area contributed by atoms with Gasteiger partial charge in [-0.2, -0.15) is 5.26 Å². The van der Waals surface area contributed by atoms with Crippen molar-refractivity contribution in [1.29, 1.82) is 5.26 Å². The zero-order valence-corrected chi connectivity index (χ0v) is 29.4. The van der Waals surface area contributed by atoms with E-state index in [9.17, 15) is 19.6 Å². The molecule has 5 rings (SSSR count). The summed E-state index contributed by atoms with van der Waals surface area (Å²) in [5, 5.41) is 19.7. The van der Waals surface area contributed by atoms with E-state index in [0.29, 0.717) is 40.8 Å². The third kappa shape index (κ3) is 8.80. The number of nitrogens with one attached hydrogen (secondary N) is 3. The first-order valence-corrected chi connectivity index (χ1v) is 17.3. The van der Waals surface area contributed by atoms with E-state index in [-0.39, 0.29) is 11.7 Å². The van der Waals surface area contributed by atoms with E-state index in [4.69, 9.17) is 17.0 Å². The maximum absolute atomic E-state index is 14.0. The van der Waals surface area contributed by atoms with Gasteiger partial charge in [0.05, 0.1) is 12.1 Å². The number of ketones is 1. The van der Waals surface area contributed by atoms with Crippen LogP contribution in [-0.4, -0.2) is 39.9 Å². The van der Waals surface area contributed by atoms with Crippen LogP contribution in [0, 0.1) is 11.3 Å². The lowest BCUT2D eigenvalue weighted by atomic mass is 10.0. The van der Waals surface area contributed by atoms with Crippen molar-refractivity contribution in [1.82, 2.24) is 4.90 Å². The Hall–Kier alpha value is -4.70. The molecule has 2 amide bonds. The first-order valence-electron chi connectivity index (χ1n) is 15.2. The zero-order valence-electron chi connectivity index (χ0n) is 27.0. The van der Waals surface area contributed by atoms with Crippen LogP contribution in [0.25, 0.3) is 0 Å². The highest BCUT2D eigenvalue weighted by molar-refractivity contribution is 8.00. The highest BCUT2D eigenvalue weighted by atomic mass is 32.2. The number of carbonyl (C=O) groups is 3. The number of amides is 2. The van der Waals surface area contributed by atoms with Crippen molar-refractivity contribution < 1.29 is 19.1 Å². The van der Waals surface area contributed by atoms with Gasteiger partial charge >= 0.3 is 6.09 Å². The van der Waals surface area contributed by atoms with Crippen molar-refractivity contribution in [2.24, 2.45) is 0 Å². The minimum atomic E-state index is -0.629. The number of fused-ring (bicyclic) bond motifs is 1. The third-order valence-corrected chi connectivity index (χ3v) is 9.88. The van der Waals surface area contributed by atoms with Gasteiger partial charge in [-0.15, -0.1) is 23.1 Å². The Morgan fingerprint density at radius 3 is 2.35 bits per heavy atom. The minimum Gasteiger partial charge on any atom is -0.444 e. The van der Waals surface area contributed by atoms with E-state index in [1.54, 1.807) is 29.2 Å². The summed E-state index contributed by atoms with van der Waals surface area (Å²) < 4.78 is 5.55. The van der Waals surface area contributed by atoms with Crippen LogP contribution in [0.5, 0.6) is 0 Å². The summed E-state index contributed by atoms with van der Waals surface area (Å²) in [5.41, 5.74) is 3.59. The molecule has 4 aromatic rings.